The van der Waals surface area contributed by atoms with Gasteiger partial charge in [-0.3, -0.25) is 4.79 Å². The first-order valence-electron chi connectivity index (χ1n) is 8.04. The zero-order valence-corrected chi connectivity index (χ0v) is 14.3. The van der Waals surface area contributed by atoms with Crippen LogP contribution in [0.25, 0.3) is 0 Å². The smallest absolute Gasteiger partial charge is 0.230 e. The second-order valence-corrected chi connectivity index (χ2v) is 7.76. The van der Waals surface area contributed by atoms with Crippen molar-refractivity contribution in [3.8, 4) is 0 Å². The molecule has 0 aliphatic heterocycles. The third-order valence-electron chi connectivity index (χ3n) is 4.98. The molecule has 0 radical (unpaired) electrons. The summed E-state index contributed by atoms with van der Waals surface area (Å²) in [4.78, 5) is 17.5. The number of hydrogen-bond acceptors (Lipinski definition) is 3. The maximum atomic E-state index is 13.1. The Morgan fingerprint density at radius 2 is 1.95 bits per heavy atom. The highest BCUT2D eigenvalue weighted by Gasteiger charge is 2.40. The Morgan fingerprint density at radius 1 is 1.33 bits per heavy atom. The lowest BCUT2D eigenvalue weighted by Crippen LogP contribution is -2.47. The first kappa shape index (κ1) is 16.5. The van der Waals surface area contributed by atoms with Crippen LogP contribution in [0.3, 0.4) is 0 Å². The second-order valence-electron chi connectivity index (χ2n) is 6.44. The van der Waals surface area contributed by atoms with Gasteiger partial charge in [-0.15, -0.1) is 11.3 Å². The van der Waals surface area contributed by atoms with Gasteiger partial charge in [0, 0.05) is 23.3 Å². The molecule has 1 aliphatic rings. The molecule has 1 aromatic rings. The molecule has 2 N–H and O–H groups in total. The van der Waals surface area contributed by atoms with Gasteiger partial charge in [-0.25, -0.2) is 0 Å². The van der Waals surface area contributed by atoms with E-state index in [-0.39, 0.29) is 17.4 Å². The normalized spacial score (nSPS) is 19.8. The van der Waals surface area contributed by atoms with Gasteiger partial charge in [0.05, 0.1) is 11.5 Å². The van der Waals surface area contributed by atoms with Crippen LogP contribution in [0.4, 0.5) is 0 Å². The van der Waals surface area contributed by atoms with E-state index in [0.717, 1.165) is 25.7 Å². The standard InChI is InChI=1S/C17H28N2OS/c1-13-8-9-15(21-13)14(2)19(3)16(20)17(12-18)10-6-4-5-7-11-17/h8-9,14H,4-7,10-12,18H2,1-3H3. The van der Waals surface area contributed by atoms with Crippen molar-refractivity contribution < 1.29 is 4.79 Å². The fourth-order valence-electron chi connectivity index (χ4n) is 3.33. The molecule has 1 aliphatic carbocycles. The molecule has 0 spiro atoms. The number of nitrogens with two attached hydrogens (primary N) is 1. The number of hydrogen-bond donors (Lipinski definition) is 1. The van der Waals surface area contributed by atoms with Crippen molar-refractivity contribution in [2.45, 2.75) is 58.4 Å². The van der Waals surface area contributed by atoms with E-state index in [4.69, 9.17) is 5.73 Å². The highest BCUT2D eigenvalue weighted by atomic mass is 32.1. The van der Waals surface area contributed by atoms with Gasteiger partial charge in [-0.05, 0) is 38.8 Å². The lowest BCUT2D eigenvalue weighted by atomic mass is 9.79. The topological polar surface area (TPSA) is 46.3 Å². The zero-order valence-electron chi connectivity index (χ0n) is 13.5. The zero-order chi connectivity index (χ0) is 15.5. The van der Waals surface area contributed by atoms with E-state index in [1.165, 1.54) is 22.6 Å². The number of carbonyl (C=O) groups is 1. The molecule has 3 nitrogen and oxygen atoms in total. The van der Waals surface area contributed by atoms with Crippen LogP contribution >= 0.6 is 11.3 Å². The number of rotatable bonds is 4. The van der Waals surface area contributed by atoms with Crippen molar-refractivity contribution in [3.63, 3.8) is 0 Å². The summed E-state index contributed by atoms with van der Waals surface area (Å²) in [5.74, 6) is 0.241. The Morgan fingerprint density at radius 3 is 2.43 bits per heavy atom. The average molecular weight is 308 g/mol. The Bertz CT molecular complexity index is 475. The number of nitrogens with zero attached hydrogens (tertiary/aromatic N) is 1. The maximum absolute atomic E-state index is 13.1. The van der Waals surface area contributed by atoms with Crippen molar-refractivity contribution in [1.29, 1.82) is 0 Å². The third-order valence-corrected chi connectivity index (χ3v) is 6.15. The number of aryl methyl sites for hydroxylation is 1. The van der Waals surface area contributed by atoms with E-state index >= 15 is 0 Å². The Kier molecular flexibility index (Phi) is 5.44. The summed E-state index contributed by atoms with van der Waals surface area (Å²) in [5.41, 5.74) is 5.72. The quantitative estimate of drug-likeness (QED) is 0.858. The average Bonchev–Trinajstić information content (AvgIpc) is 2.78. The van der Waals surface area contributed by atoms with Gasteiger partial charge in [0.2, 0.25) is 5.91 Å². The molecule has 1 aromatic heterocycles. The third kappa shape index (κ3) is 3.49. The van der Waals surface area contributed by atoms with Gasteiger partial charge in [0.15, 0.2) is 0 Å². The van der Waals surface area contributed by atoms with Gasteiger partial charge in [-0.2, -0.15) is 0 Å². The minimum atomic E-state index is -0.328. The number of thiophene rings is 1. The molecule has 1 amide bonds. The molecule has 0 aromatic carbocycles. The summed E-state index contributed by atoms with van der Waals surface area (Å²) >= 11 is 1.77. The summed E-state index contributed by atoms with van der Waals surface area (Å²) < 4.78 is 0. The van der Waals surface area contributed by atoms with Crippen LogP contribution in [0.2, 0.25) is 0 Å². The lowest BCUT2D eigenvalue weighted by Gasteiger charge is -2.36. The molecule has 1 atom stereocenters. The molecule has 0 bridgehead atoms. The van der Waals surface area contributed by atoms with Gasteiger partial charge >= 0.3 is 0 Å². The van der Waals surface area contributed by atoms with Gasteiger partial charge < -0.3 is 10.6 Å². The van der Waals surface area contributed by atoms with Crippen LogP contribution in [-0.4, -0.2) is 24.4 Å². The predicted molar refractivity (Wildman–Crippen MR) is 89.4 cm³/mol. The van der Waals surface area contributed by atoms with Gasteiger partial charge in [0.25, 0.3) is 0 Å². The van der Waals surface area contributed by atoms with Crippen LogP contribution in [0.1, 0.15) is 61.2 Å². The molecule has 1 fully saturated rings. The molecule has 118 valence electrons. The monoisotopic (exact) mass is 308 g/mol. The first-order valence-corrected chi connectivity index (χ1v) is 8.85. The van der Waals surface area contributed by atoms with E-state index in [1.54, 1.807) is 11.3 Å². The van der Waals surface area contributed by atoms with Crippen molar-refractivity contribution >= 4 is 17.2 Å². The van der Waals surface area contributed by atoms with Crippen molar-refractivity contribution in [3.05, 3.63) is 21.9 Å². The summed E-state index contributed by atoms with van der Waals surface area (Å²) in [6.07, 6.45) is 6.62. The molecule has 1 heterocycles. The predicted octanol–water partition coefficient (Wildman–Crippen LogP) is 3.88. The summed E-state index contributed by atoms with van der Waals surface area (Å²) in [6.45, 7) is 4.70. The molecular formula is C17H28N2OS. The molecule has 4 heteroatoms. The van der Waals surface area contributed by atoms with E-state index in [1.807, 2.05) is 11.9 Å². The summed E-state index contributed by atoms with van der Waals surface area (Å²) in [7, 11) is 1.93. The van der Waals surface area contributed by atoms with E-state index in [9.17, 15) is 4.79 Å². The molecular weight excluding hydrogens is 280 g/mol. The summed E-state index contributed by atoms with van der Waals surface area (Å²) in [5, 5.41) is 0. The highest BCUT2D eigenvalue weighted by molar-refractivity contribution is 7.12. The fourth-order valence-corrected chi connectivity index (χ4v) is 4.30. The maximum Gasteiger partial charge on any atom is 0.230 e. The molecule has 21 heavy (non-hydrogen) atoms. The molecule has 1 unspecified atom stereocenters. The van der Waals surface area contributed by atoms with Crippen LogP contribution in [-0.2, 0) is 4.79 Å². The van der Waals surface area contributed by atoms with E-state index in [0.29, 0.717) is 6.54 Å². The van der Waals surface area contributed by atoms with Gasteiger partial charge in [0.1, 0.15) is 0 Å². The molecule has 1 saturated carbocycles. The van der Waals surface area contributed by atoms with Crippen molar-refractivity contribution in [2.75, 3.05) is 13.6 Å². The number of amides is 1. The van der Waals surface area contributed by atoms with Crippen LogP contribution in [0.5, 0.6) is 0 Å². The van der Waals surface area contributed by atoms with Crippen LogP contribution in [0, 0.1) is 12.3 Å². The van der Waals surface area contributed by atoms with Gasteiger partial charge in [-0.1, -0.05) is 25.7 Å². The fraction of sp³-hybridized carbons (Fsp3) is 0.706. The van der Waals surface area contributed by atoms with E-state index in [2.05, 4.69) is 26.0 Å². The van der Waals surface area contributed by atoms with E-state index < -0.39 is 0 Å². The molecule has 2 rings (SSSR count). The largest absolute Gasteiger partial charge is 0.338 e. The van der Waals surface area contributed by atoms with Crippen molar-refractivity contribution in [2.24, 2.45) is 11.1 Å². The first-order chi connectivity index (χ1) is 10.00. The molecule has 0 saturated heterocycles. The SMILES string of the molecule is Cc1ccc(C(C)N(C)C(=O)C2(CN)CCCCCC2)s1. The Hall–Kier alpha value is -0.870. The van der Waals surface area contributed by atoms with Crippen molar-refractivity contribution in [1.82, 2.24) is 4.90 Å². The second kappa shape index (κ2) is 6.93. The highest BCUT2D eigenvalue weighted by Crippen LogP contribution is 2.38. The lowest BCUT2D eigenvalue weighted by molar-refractivity contribution is -0.143. The van der Waals surface area contributed by atoms with Crippen LogP contribution < -0.4 is 5.73 Å². The minimum Gasteiger partial charge on any atom is -0.338 e. The Labute approximate surface area is 132 Å². The summed E-state index contributed by atoms with van der Waals surface area (Å²) in [6, 6.07) is 4.39. The minimum absolute atomic E-state index is 0.128. The number of carbonyl (C=O) groups excluding carboxylic acids is 1. The van der Waals surface area contributed by atoms with Crippen LogP contribution in [0.15, 0.2) is 12.1 Å². The Balaban J connectivity index is 2.16.